The van der Waals surface area contributed by atoms with Crippen molar-refractivity contribution < 1.29 is 17.9 Å². The number of benzene rings is 2. The van der Waals surface area contributed by atoms with E-state index in [0.29, 0.717) is 3.82 Å². The van der Waals surface area contributed by atoms with Gasteiger partial charge in [-0.25, -0.2) is 4.79 Å². The zero-order valence-electron chi connectivity index (χ0n) is 11.1. The van der Waals surface area contributed by atoms with E-state index in [1.165, 1.54) is 25.3 Å². The number of ether oxygens (including phenoxy) is 1. The molecule has 0 N–H and O–H groups in total. The van der Waals surface area contributed by atoms with Crippen LogP contribution in [0.5, 0.6) is 0 Å². The van der Waals surface area contributed by atoms with Gasteiger partial charge in [0.15, 0.2) is 0 Å². The predicted molar refractivity (Wildman–Crippen MR) is 79.7 cm³/mol. The molecule has 5 nitrogen and oxygen atoms in total. The standard InChI is InChI=1S/C14H12ClNO4S/c1-20-14(17)12-9-5-6-10-13(12)21(18,19)16(15)11-7-3-2-4-8-11/h2-10H,1H3. The van der Waals surface area contributed by atoms with Crippen LogP contribution in [0.15, 0.2) is 59.5 Å². The highest BCUT2D eigenvalue weighted by atomic mass is 35.5. The first-order valence-electron chi connectivity index (χ1n) is 5.92. The van der Waals surface area contributed by atoms with Gasteiger partial charge in [-0.05, 0) is 24.3 Å². The molecule has 0 aliphatic rings. The van der Waals surface area contributed by atoms with E-state index in [9.17, 15) is 13.2 Å². The lowest BCUT2D eigenvalue weighted by Crippen LogP contribution is -2.23. The van der Waals surface area contributed by atoms with Crippen molar-refractivity contribution in [2.24, 2.45) is 0 Å². The Morgan fingerprint density at radius 2 is 1.62 bits per heavy atom. The number of anilines is 1. The van der Waals surface area contributed by atoms with Crippen LogP contribution in [0.2, 0.25) is 0 Å². The van der Waals surface area contributed by atoms with Gasteiger partial charge < -0.3 is 4.74 Å². The van der Waals surface area contributed by atoms with Gasteiger partial charge in [0.2, 0.25) is 0 Å². The highest BCUT2D eigenvalue weighted by Gasteiger charge is 2.28. The molecular formula is C14H12ClNO4S. The van der Waals surface area contributed by atoms with Crippen LogP contribution in [-0.4, -0.2) is 21.5 Å². The summed E-state index contributed by atoms with van der Waals surface area (Å²) in [5.41, 5.74) is 0.209. The molecule has 7 heteroatoms. The number of hydrogen-bond donors (Lipinski definition) is 0. The van der Waals surface area contributed by atoms with Gasteiger partial charge in [-0.3, -0.25) is 0 Å². The van der Waals surface area contributed by atoms with Crippen LogP contribution >= 0.6 is 11.8 Å². The Hall–Kier alpha value is -2.05. The Balaban J connectivity index is 2.53. The number of methoxy groups -OCH3 is 1. The molecule has 21 heavy (non-hydrogen) atoms. The topological polar surface area (TPSA) is 63.7 Å². The van der Waals surface area contributed by atoms with Gasteiger partial charge in [-0.2, -0.15) is 12.2 Å². The second kappa shape index (κ2) is 6.15. The number of esters is 1. The lowest BCUT2D eigenvalue weighted by molar-refractivity contribution is 0.0596. The SMILES string of the molecule is COC(=O)c1ccccc1S(=O)(=O)N(Cl)c1ccccc1. The first kappa shape index (κ1) is 15.3. The van der Waals surface area contributed by atoms with Gasteiger partial charge >= 0.3 is 5.97 Å². The first-order chi connectivity index (χ1) is 9.98. The molecule has 0 aliphatic heterocycles. The van der Waals surface area contributed by atoms with E-state index in [1.54, 1.807) is 36.4 Å². The highest BCUT2D eigenvalue weighted by Crippen LogP contribution is 2.27. The van der Waals surface area contributed by atoms with Crippen molar-refractivity contribution in [3.63, 3.8) is 0 Å². The third kappa shape index (κ3) is 3.01. The van der Waals surface area contributed by atoms with Crippen LogP contribution in [0.4, 0.5) is 5.69 Å². The van der Waals surface area contributed by atoms with Crippen molar-refractivity contribution in [2.45, 2.75) is 4.90 Å². The summed E-state index contributed by atoms with van der Waals surface area (Å²) in [7, 11) is -2.90. The number of carbonyl (C=O) groups excluding carboxylic acids is 1. The average Bonchev–Trinajstić information content (AvgIpc) is 2.54. The van der Waals surface area contributed by atoms with E-state index in [1.807, 2.05) is 0 Å². The molecule has 0 fully saturated rings. The van der Waals surface area contributed by atoms with E-state index in [2.05, 4.69) is 4.74 Å². The fourth-order valence-electron chi connectivity index (χ4n) is 1.74. The third-order valence-corrected chi connectivity index (χ3v) is 5.03. The molecule has 0 radical (unpaired) electrons. The largest absolute Gasteiger partial charge is 0.465 e. The molecule has 0 saturated heterocycles. The summed E-state index contributed by atoms with van der Waals surface area (Å²) in [6.07, 6.45) is 0. The minimum atomic E-state index is -4.08. The second-order valence-corrected chi connectivity index (χ2v) is 6.34. The van der Waals surface area contributed by atoms with E-state index in [0.717, 1.165) is 0 Å². The first-order valence-corrected chi connectivity index (χ1v) is 7.70. The summed E-state index contributed by atoms with van der Waals surface area (Å²) in [6, 6.07) is 13.9. The van der Waals surface area contributed by atoms with E-state index >= 15 is 0 Å². The molecule has 0 spiro atoms. The third-order valence-electron chi connectivity index (χ3n) is 2.74. The van der Waals surface area contributed by atoms with Gasteiger partial charge in [-0.1, -0.05) is 30.3 Å². The van der Waals surface area contributed by atoms with Crippen LogP contribution in [0.3, 0.4) is 0 Å². The van der Waals surface area contributed by atoms with Crippen molar-refractivity contribution in [3.8, 4) is 0 Å². The molecule has 110 valence electrons. The molecule has 0 heterocycles. The molecule has 2 rings (SSSR count). The maximum atomic E-state index is 12.6. The van der Waals surface area contributed by atoms with Gasteiger partial charge in [0.1, 0.15) is 4.90 Å². The van der Waals surface area contributed by atoms with E-state index in [-0.39, 0.29) is 16.1 Å². The quantitative estimate of drug-likeness (QED) is 0.640. The molecule has 0 aliphatic carbocycles. The Labute approximate surface area is 127 Å². The summed E-state index contributed by atoms with van der Waals surface area (Å²) >= 11 is 5.95. The van der Waals surface area contributed by atoms with Crippen LogP contribution in [0, 0.1) is 0 Å². The van der Waals surface area contributed by atoms with Crippen LogP contribution in [0.1, 0.15) is 10.4 Å². The number of carbonyl (C=O) groups is 1. The van der Waals surface area contributed by atoms with Gasteiger partial charge in [-0.15, -0.1) is 0 Å². The Morgan fingerprint density at radius 1 is 1.05 bits per heavy atom. The van der Waals surface area contributed by atoms with Gasteiger partial charge in [0, 0.05) is 11.8 Å². The predicted octanol–water partition coefficient (Wildman–Crippen LogP) is 2.82. The fraction of sp³-hybridized carbons (Fsp3) is 0.0714. The van der Waals surface area contributed by atoms with E-state index in [4.69, 9.17) is 11.8 Å². The lowest BCUT2D eigenvalue weighted by atomic mass is 10.2. The number of hydrogen-bond acceptors (Lipinski definition) is 4. The van der Waals surface area contributed by atoms with Crippen molar-refractivity contribution in [1.29, 1.82) is 0 Å². The van der Waals surface area contributed by atoms with Crippen molar-refractivity contribution in [1.82, 2.24) is 0 Å². The molecule has 0 atom stereocenters. The Kier molecular flexibility index (Phi) is 4.50. The summed E-state index contributed by atoms with van der Waals surface area (Å²) in [6.45, 7) is 0. The Morgan fingerprint density at radius 3 is 2.24 bits per heavy atom. The molecule has 0 saturated carbocycles. The van der Waals surface area contributed by atoms with E-state index < -0.39 is 16.0 Å². The summed E-state index contributed by atoms with van der Waals surface area (Å²) in [4.78, 5) is 11.5. The van der Waals surface area contributed by atoms with Crippen molar-refractivity contribution in [2.75, 3.05) is 10.9 Å². The van der Waals surface area contributed by atoms with Crippen molar-refractivity contribution >= 4 is 33.5 Å². The zero-order chi connectivity index (χ0) is 15.5. The molecule has 0 bridgehead atoms. The maximum Gasteiger partial charge on any atom is 0.339 e. The fourth-order valence-corrected chi connectivity index (χ4v) is 3.33. The number of sulfonamides is 1. The van der Waals surface area contributed by atoms with Crippen LogP contribution < -0.4 is 3.82 Å². The molecular weight excluding hydrogens is 314 g/mol. The summed E-state index contributed by atoms with van der Waals surface area (Å²) in [5.74, 6) is -0.743. The highest BCUT2D eigenvalue weighted by molar-refractivity contribution is 7.94. The van der Waals surface area contributed by atoms with Gasteiger partial charge in [0.05, 0.1) is 18.4 Å². The molecule has 2 aromatic carbocycles. The monoisotopic (exact) mass is 325 g/mol. The number of nitrogens with zero attached hydrogens (tertiary/aromatic N) is 1. The number of halogens is 1. The maximum absolute atomic E-state index is 12.6. The number of para-hydroxylation sites is 1. The molecule has 2 aromatic rings. The smallest absolute Gasteiger partial charge is 0.339 e. The van der Waals surface area contributed by atoms with Gasteiger partial charge in [0.25, 0.3) is 10.0 Å². The van der Waals surface area contributed by atoms with Crippen LogP contribution in [-0.2, 0) is 14.8 Å². The summed E-state index contributed by atoms with van der Waals surface area (Å²) < 4.78 is 30.3. The molecule has 0 aromatic heterocycles. The minimum absolute atomic E-state index is 0.0680. The number of rotatable bonds is 4. The van der Waals surface area contributed by atoms with Crippen molar-refractivity contribution in [3.05, 3.63) is 60.2 Å². The lowest BCUT2D eigenvalue weighted by Gasteiger charge is -2.17. The van der Waals surface area contributed by atoms with Crippen LogP contribution in [0.25, 0.3) is 0 Å². The average molecular weight is 326 g/mol. The molecule has 0 unspecified atom stereocenters. The Bertz CT molecular complexity index is 747. The summed E-state index contributed by atoms with van der Waals surface area (Å²) in [5, 5.41) is 0. The second-order valence-electron chi connectivity index (χ2n) is 4.04. The molecule has 0 amide bonds. The zero-order valence-corrected chi connectivity index (χ0v) is 12.6. The minimum Gasteiger partial charge on any atom is -0.465 e. The normalized spacial score (nSPS) is 11.0.